The number of nitrogens with zero attached hydrogens (tertiary/aromatic N) is 1. The van der Waals surface area contributed by atoms with Crippen molar-refractivity contribution in [1.82, 2.24) is 4.90 Å². The molecule has 0 unspecified atom stereocenters. The van der Waals surface area contributed by atoms with Crippen molar-refractivity contribution in [2.75, 3.05) is 19.0 Å². The Labute approximate surface area is 243 Å². The van der Waals surface area contributed by atoms with Gasteiger partial charge in [0.15, 0.2) is 11.5 Å². The summed E-state index contributed by atoms with van der Waals surface area (Å²) in [7, 11) is 1.53. The molecular formula is C28H24ClIN2O5S. The Hall–Kier alpha value is -3.02. The van der Waals surface area contributed by atoms with E-state index in [9.17, 15) is 14.4 Å². The Kier molecular flexibility index (Phi) is 9.01. The quantitative estimate of drug-likeness (QED) is 0.211. The fourth-order valence-electron chi connectivity index (χ4n) is 3.65. The van der Waals surface area contributed by atoms with Gasteiger partial charge in [-0.2, -0.15) is 0 Å². The molecule has 3 aromatic carbocycles. The van der Waals surface area contributed by atoms with E-state index in [1.165, 1.54) is 7.11 Å². The van der Waals surface area contributed by atoms with E-state index in [1.807, 2.05) is 44.2 Å². The number of anilines is 1. The molecule has 1 saturated heterocycles. The fraction of sp³-hybridized carbons (Fsp3) is 0.179. The number of ether oxygens (including phenoxy) is 2. The first-order valence-corrected chi connectivity index (χ1v) is 13.8. The van der Waals surface area contributed by atoms with Crippen LogP contribution >= 0.6 is 46.0 Å². The summed E-state index contributed by atoms with van der Waals surface area (Å²) in [6.45, 7) is 3.88. The summed E-state index contributed by atoms with van der Waals surface area (Å²) in [5, 5.41) is 2.90. The van der Waals surface area contributed by atoms with Gasteiger partial charge in [-0.05, 0) is 113 Å². The SMILES string of the molecule is COc1cc(/C=C2/SC(=O)N(CC(=O)Nc3ccc(C)c(C)c3)C2=O)cc(I)c1OCc1ccc(Cl)cc1. The Balaban J connectivity index is 1.46. The van der Waals surface area contributed by atoms with E-state index in [1.54, 1.807) is 30.3 Å². The van der Waals surface area contributed by atoms with Crippen LogP contribution in [0, 0.1) is 17.4 Å². The van der Waals surface area contributed by atoms with Crippen LogP contribution in [0.5, 0.6) is 11.5 Å². The van der Waals surface area contributed by atoms with Crippen LogP contribution in [0.2, 0.25) is 5.02 Å². The van der Waals surface area contributed by atoms with Gasteiger partial charge < -0.3 is 14.8 Å². The summed E-state index contributed by atoms with van der Waals surface area (Å²) >= 11 is 8.88. The number of carbonyl (C=O) groups is 3. The van der Waals surface area contributed by atoms with Crippen LogP contribution in [-0.4, -0.2) is 35.6 Å². The lowest BCUT2D eigenvalue weighted by molar-refractivity contribution is -0.127. The minimum Gasteiger partial charge on any atom is -0.493 e. The zero-order valence-corrected chi connectivity index (χ0v) is 24.6. The number of benzene rings is 3. The third-order valence-corrected chi connectivity index (χ3v) is 7.77. The van der Waals surface area contributed by atoms with Gasteiger partial charge >= 0.3 is 0 Å². The van der Waals surface area contributed by atoms with Crippen molar-refractivity contribution in [1.29, 1.82) is 0 Å². The van der Waals surface area contributed by atoms with Gasteiger partial charge in [0, 0.05) is 10.7 Å². The molecule has 1 heterocycles. The lowest BCUT2D eigenvalue weighted by Gasteiger charge is -2.14. The molecule has 0 bridgehead atoms. The monoisotopic (exact) mass is 662 g/mol. The first-order chi connectivity index (χ1) is 18.1. The summed E-state index contributed by atoms with van der Waals surface area (Å²) in [6.07, 6.45) is 1.61. The number of hydrogen-bond donors (Lipinski definition) is 1. The van der Waals surface area contributed by atoms with E-state index in [4.69, 9.17) is 21.1 Å². The third kappa shape index (κ3) is 6.69. The van der Waals surface area contributed by atoms with Crippen molar-refractivity contribution < 1.29 is 23.9 Å². The smallest absolute Gasteiger partial charge is 0.294 e. The highest BCUT2D eigenvalue weighted by Gasteiger charge is 2.36. The highest BCUT2D eigenvalue weighted by Crippen LogP contribution is 2.37. The van der Waals surface area contributed by atoms with Crippen LogP contribution in [0.15, 0.2) is 59.5 Å². The zero-order chi connectivity index (χ0) is 27.4. The molecule has 1 aliphatic heterocycles. The zero-order valence-electron chi connectivity index (χ0n) is 20.8. The molecule has 0 radical (unpaired) electrons. The fourth-order valence-corrected chi connectivity index (χ4v) is 5.40. The molecule has 7 nitrogen and oxygen atoms in total. The number of rotatable bonds is 8. The Morgan fingerprint density at radius 1 is 1.08 bits per heavy atom. The van der Waals surface area contributed by atoms with Crippen molar-refractivity contribution in [3.05, 3.63) is 90.3 Å². The Bertz CT molecular complexity index is 1440. The van der Waals surface area contributed by atoms with E-state index in [-0.39, 0.29) is 11.4 Å². The van der Waals surface area contributed by atoms with Crippen molar-refractivity contribution in [3.63, 3.8) is 0 Å². The van der Waals surface area contributed by atoms with Gasteiger partial charge in [-0.3, -0.25) is 19.3 Å². The van der Waals surface area contributed by atoms with Gasteiger partial charge in [0.25, 0.3) is 11.1 Å². The highest BCUT2D eigenvalue weighted by molar-refractivity contribution is 14.1. The van der Waals surface area contributed by atoms with Gasteiger partial charge in [-0.1, -0.05) is 29.8 Å². The number of aryl methyl sites for hydroxylation is 2. The van der Waals surface area contributed by atoms with Gasteiger partial charge in [0.05, 0.1) is 15.6 Å². The lowest BCUT2D eigenvalue weighted by atomic mass is 10.1. The second kappa shape index (κ2) is 12.2. The van der Waals surface area contributed by atoms with E-state index in [0.29, 0.717) is 34.4 Å². The molecule has 4 rings (SSSR count). The summed E-state index contributed by atoms with van der Waals surface area (Å²) in [6, 6.07) is 16.5. The van der Waals surface area contributed by atoms with Crippen LogP contribution in [0.25, 0.3) is 6.08 Å². The number of hydrogen-bond acceptors (Lipinski definition) is 6. The number of carbonyl (C=O) groups excluding carboxylic acids is 3. The van der Waals surface area contributed by atoms with E-state index < -0.39 is 17.1 Å². The van der Waals surface area contributed by atoms with Crippen LogP contribution in [0.4, 0.5) is 10.5 Å². The molecule has 196 valence electrons. The van der Waals surface area contributed by atoms with Crippen LogP contribution in [0.1, 0.15) is 22.3 Å². The van der Waals surface area contributed by atoms with Crippen LogP contribution in [0.3, 0.4) is 0 Å². The molecule has 1 N–H and O–H groups in total. The predicted molar refractivity (Wildman–Crippen MR) is 159 cm³/mol. The average Bonchev–Trinajstić information content (AvgIpc) is 3.13. The average molecular weight is 663 g/mol. The van der Waals surface area contributed by atoms with Crippen LogP contribution in [-0.2, 0) is 16.2 Å². The summed E-state index contributed by atoms with van der Waals surface area (Å²) in [5.74, 6) is 0.0860. The molecule has 0 aliphatic carbocycles. The molecule has 10 heteroatoms. The standard InChI is InChI=1S/C28H24ClIN2O5S/c1-16-4-9-21(10-17(16)2)31-25(33)14-32-27(34)24(38-28(32)35)13-19-11-22(30)26(23(12-19)36-3)37-15-18-5-7-20(29)8-6-18/h4-13H,14-15H2,1-3H3,(H,31,33)/b24-13+. The molecule has 1 aliphatic rings. The molecule has 0 atom stereocenters. The molecule has 1 fully saturated rings. The normalized spacial score (nSPS) is 14.2. The number of thioether (sulfide) groups is 1. The van der Waals surface area contributed by atoms with E-state index in [0.717, 1.165) is 36.9 Å². The van der Waals surface area contributed by atoms with Gasteiger partial charge in [-0.25, -0.2) is 0 Å². The summed E-state index contributed by atoms with van der Waals surface area (Å²) < 4.78 is 12.3. The molecule has 38 heavy (non-hydrogen) atoms. The van der Waals surface area contributed by atoms with Gasteiger partial charge in [0.1, 0.15) is 13.2 Å². The Morgan fingerprint density at radius 2 is 1.82 bits per heavy atom. The number of amides is 3. The lowest BCUT2D eigenvalue weighted by Crippen LogP contribution is -2.36. The second-order valence-corrected chi connectivity index (χ2v) is 11.2. The number of nitrogens with one attached hydrogen (secondary N) is 1. The van der Waals surface area contributed by atoms with Gasteiger partial charge in [0.2, 0.25) is 5.91 Å². The summed E-state index contributed by atoms with van der Waals surface area (Å²) in [5.41, 5.74) is 4.36. The molecule has 0 aromatic heterocycles. The van der Waals surface area contributed by atoms with Crippen LogP contribution < -0.4 is 14.8 Å². The maximum absolute atomic E-state index is 13.0. The van der Waals surface area contributed by atoms with Crippen molar-refractivity contribution in [3.8, 4) is 11.5 Å². The molecule has 0 spiro atoms. The van der Waals surface area contributed by atoms with Crippen molar-refractivity contribution in [2.45, 2.75) is 20.5 Å². The van der Waals surface area contributed by atoms with Gasteiger partial charge in [-0.15, -0.1) is 0 Å². The summed E-state index contributed by atoms with van der Waals surface area (Å²) in [4.78, 5) is 39.2. The minimum absolute atomic E-state index is 0.224. The largest absolute Gasteiger partial charge is 0.493 e. The topological polar surface area (TPSA) is 84.9 Å². The molecule has 0 saturated carbocycles. The second-order valence-electron chi connectivity index (χ2n) is 8.56. The van der Waals surface area contributed by atoms with E-state index >= 15 is 0 Å². The predicted octanol–water partition coefficient (Wildman–Crippen LogP) is 6.82. The first kappa shape index (κ1) is 28.0. The van der Waals surface area contributed by atoms with E-state index in [2.05, 4.69) is 27.9 Å². The third-order valence-electron chi connectivity index (χ3n) is 5.81. The first-order valence-electron chi connectivity index (χ1n) is 11.5. The molecular weight excluding hydrogens is 639 g/mol. The number of imide groups is 1. The number of halogens is 2. The maximum Gasteiger partial charge on any atom is 0.294 e. The molecule has 3 amide bonds. The highest BCUT2D eigenvalue weighted by atomic mass is 127. The van der Waals surface area contributed by atoms with Crippen molar-refractivity contribution in [2.24, 2.45) is 0 Å². The van der Waals surface area contributed by atoms with Crippen molar-refractivity contribution >= 4 is 74.8 Å². The number of methoxy groups -OCH3 is 1. The maximum atomic E-state index is 13.0. The Morgan fingerprint density at radius 3 is 2.50 bits per heavy atom. The molecule has 3 aromatic rings. The minimum atomic E-state index is -0.521.